The first kappa shape index (κ1) is 10.9. The molecule has 2 aromatic heterocycles. The predicted octanol–water partition coefficient (Wildman–Crippen LogP) is 3.53. The van der Waals surface area contributed by atoms with Crippen LogP contribution in [-0.4, -0.2) is 9.97 Å². The van der Waals surface area contributed by atoms with Gasteiger partial charge in [-0.05, 0) is 12.0 Å². The molecule has 0 aliphatic carbocycles. The van der Waals surface area contributed by atoms with E-state index in [4.69, 9.17) is 10.2 Å². The van der Waals surface area contributed by atoms with Crippen molar-refractivity contribution in [3.05, 3.63) is 36.2 Å². The molecule has 2 heterocycles. The van der Waals surface area contributed by atoms with Crippen LogP contribution >= 0.6 is 0 Å². The van der Waals surface area contributed by atoms with Crippen LogP contribution in [0.1, 0.15) is 25.5 Å². The zero-order valence-electron chi connectivity index (χ0n) is 10.4. The lowest BCUT2D eigenvalue weighted by atomic mass is 10.0. The molecule has 0 amide bonds. The Balaban J connectivity index is 2.34. The Hall–Kier alpha value is -2.23. The van der Waals surface area contributed by atoms with Gasteiger partial charge in [-0.1, -0.05) is 32.0 Å². The van der Waals surface area contributed by atoms with E-state index in [0.717, 1.165) is 27.9 Å². The molecule has 4 heteroatoms. The monoisotopic (exact) mass is 241 g/mol. The highest BCUT2D eigenvalue weighted by Gasteiger charge is 2.18. The Bertz CT molecular complexity index is 694. The summed E-state index contributed by atoms with van der Waals surface area (Å²) in [5.74, 6) is 0.380. The summed E-state index contributed by atoms with van der Waals surface area (Å²) in [5, 5.41) is 1.15. The fourth-order valence-electron chi connectivity index (χ4n) is 2.27. The van der Waals surface area contributed by atoms with Crippen LogP contribution < -0.4 is 5.73 Å². The zero-order valence-corrected chi connectivity index (χ0v) is 10.4. The first-order chi connectivity index (χ1) is 8.66. The molecule has 0 atom stereocenters. The number of aromatic amines is 1. The topological polar surface area (TPSA) is 67.8 Å². The second-order valence-electron chi connectivity index (χ2n) is 4.68. The van der Waals surface area contributed by atoms with Crippen molar-refractivity contribution >= 4 is 16.9 Å². The number of fused-ring (bicyclic) bond motifs is 1. The first-order valence-electron chi connectivity index (χ1n) is 5.99. The van der Waals surface area contributed by atoms with Crippen molar-refractivity contribution in [1.29, 1.82) is 0 Å². The van der Waals surface area contributed by atoms with Crippen molar-refractivity contribution in [3.63, 3.8) is 0 Å². The van der Waals surface area contributed by atoms with E-state index in [9.17, 15) is 0 Å². The number of para-hydroxylation sites is 1. The summed E-state index contributed by atoms with van der Waals surface area (Å²) in [6.45, 7) is 4.30. The molecule has 3 aromatic rings. The molecule has 0 aliphatic heterocycles. The van der Waals surface area contributed by atoms with E-state index >= 15 is 0 Å². The van der Waals surface area contributed by atoms with Gasteiger partial charge in [-0.25, -0.2) is 0 Å². The second kappa shape index (κ2) is 3.91. The van der Waals surface area contributed by atoms with Crippen LogP contribution in [-0.2, 0) is 0 Å². The molecule has 0 aliphatic rings. The summed E-state index contributed by atoms with van der Waals surface area (Å²) in [7, 11) is 0. The number of aromatic nitrogens is 2. The SMILES string of the molecule is CC(C)c1[nH]c2ccccc2c1-c1coc(N)n1. The number of hydrogen-bond acceptors (Lipinski definition) is 3. The minimum atomic E-state index is 0.199. The highest BCUT2D eigenvalue weighted by Crippen LogP contribution is 2.35. The van der Waals surface area contributed by atoms with Gasteiger partial charge in [0.1, 0.15) is 12.0 Å². The standard InChI is InChI=1S/C14H15N3O/c1-8(2)13-12(11-7-18-14(15)17-11)9-5-3-4-6-10(9)16-13/h3-8,16H,1-2H3,(H2,15,17). The van der Waals surface area contributed by atoms with Crippen molar-refractivity contribution < 1.29 is 4.42 Å². The lowest BCUT2D eigenvalue weighted by molar-refractivity contribution is 0.581. The molecule has 0 unspecified atom stereocenters. The van der Waals surface area contributed by atoms with E-state index in [2.05, 4.69) is 35.9 Å². The van der Waals surface area contributed by atoms with Gasteiger partial charge in [0.25, 0.3) is 6.01 Å². The number of rotatable bonds is 2. The molecule has 0 bridgehead atoms. The summed E-state index contributed by atoms with van der Waals surface area (Å²) in [6, 6.07) is 8.38. The maximum Gasteiger partial charge on any atom is 0.292 e. The van der Waals surface area contributed by atoms with Gasteiger partial charge in [-0.2, -0.15) is 4.98 Å². The third-order valence-electron chi connectivity index (χ3n) is 3.09. The van der Waals surface area contributed by atoms with Gasteiger partial charge >= 0.3 is 0 Å². The molecule has 3 rings (SSSR count). The number of oxazole rings is 1. The van der Waals surface area contributed by atoms with Gasteiger partial charge in [0, 0.05) is 22.2 Å². The number of benzene rings is 1. The quantitative estimate of drug-likeness (QED) is 0.721. The van der Waals surface area contributed by atoms with Crippen LogP contribution in [0.4, 0.5) is 6.01 Å². The Kier molecular flexibility index (Phi) is 2.37. The van der Waals surface area contributed by atoms with Gasteiger partial charge in [0.05, 0.1) is 0 Å². The maximum absolute atomic E-state index is 5.57. The highest BCUT2D eigenvalue weighted by molar-refractivity contribution is 5.96. The summed E-state index contributed by atoms with van der Waals surface area (Å²) in [4.78, 5) is 7.69. The fourth-order valence-corrected chi connectivity index (χ4v) is 2.27. The normalized spacial score (nSPS) is 11.5. The van der Waals surface area contributed by atoms with Crippen LogP contribution in [0.25, 0.3) is 22.2 Å². The van der Waals surface area contributed by atoms with E-state index in [1.807, 2.05) is 12.1 Å². The number of hydrogen-bond donors (Lipinski definition) is 2. The largest absolute Gasteiger partial charge is 0.432 e. The van der Waals surface area contributed by atoms with Crippen LogP contribution in [0.3, 0.4) is 0 Å². The van der Waals surface area contributed by atoms with Crippen molar-refractivity contribution in [2.24, 2.45) is 0 Å². The molecular formula is C14H15N3O. The van der Waals surface area contributed by atoms with Gasteiger partial charge in [0.2, 0.25) is 0 Å². The molecule has 1 aromatic carbocycles. The number of nitrogens with zero attached hydrogens (tertiary/aromatic N) is 1. The third-order valence-corrected chi connectivity index (χ3v) is 3.09. The first-order valence-corrected chi connectivity index (χ1v) is 5.99. The number of H-pyrrole nitrogens is 1. The summed E-state index contributed by atoms with van der Waals surface area (Å²) in [5.41, 5.74) is 9.70. The summed E-state index contributed by atoms with van der Waals surface area (Å²) < 4.78 is 5.12. The summed E-state index contributed by atoms with van der Waals surface area (Å²) >= 11 is 0. The van der Waals surface area contributed by atoms with Gasteiger partial charge in [0.15, 0.2) is 0 Å². The molecule has 0 saturated heterocycles. The molecule has 3 N–H and O–H groups in total. The van der Waals surface area contributed by atoms with Crippen LogP contribution in [0.2, 0.25) is 0 Å². The fraction of sp³-hybridized carbons (Fsp3) is 0.214. The minimum Gasteiger partial charge on any atom is -0.432 e. The number of nitrogens with one attached hydrogen (secondary N) is 1. The number of nitrogen functional groups attached to an aromatic ring is 1. The van der Waals surface area contributed by atoms with Crippen molar-refractivity contribution in [2.45, 2.75) is 19.8 Å². The van der Waals surface area contributed by atoms with Gasteiger partial charge in [-0.3, -0.25) is 0 Å². The van der Waals surface area contributed by atoms with E-state index in [1.165, 1.54) is 0 Å². The van der Waals surface area contributed by atoms with Crippen LogP contribution in [0.5, 0.6) is 0 Å². The van der Waals surface area contributed by atoms with E-state index in [-0.39, 0.29) is 6.01 Å². The average Bonchev–Trinajstić information content (AvgIpc) is 2.92. The molecule has 0 spiro atoms. The smallest absolute Gasteiger partial charge is 0.292 e. The molecule has 18 heavy (non-hydrogen) atoms. The second-order valence-corrected chi connectivity index (χ2v) is 4.68. The van der Waals surface area contributed by atoms with Gasteiger partial charge < -0.3 is 15.1 Å². The predicted molar refractivity (Wildman–Crippen MR) is 72.3 cm³/mol. The van der Waals surface area contributed by atoms with Crippen LogP contribution in [0.15, 0.2) is 34.9 Å². The number of nitrogens with two attached hydrogens (primary N) is 1. The maximum atomic E-state index is 5.57. The minimum absolute atomic E-state index is 0.199. The molecular weight excluding hydrogens is 226 g/mol. The lowest BCUT2D eigenvalue weighted by Gasteiger charge is -2.04. The Labute approximate surface area is 105 Å². The van der Waals surface area contributed by atoms with Crippen molar-refractivity contribution in [1.82, 2.24) is 9.97 Å². The average molecular weight is 241 g/mol. The Morgan fingerprint density at radius 2 is 2.06 bits per heavy atom. The number of anilines is 1. The Morgan fingerprint density at radius 3 is 2.72 bits per heavy atom. The van der Waals surface area contributed by atoms with Crippen LogP contribution in [0, 0.1) is 0 Å². The Morgan fingerprint density at radius 1 is 1.28 bits per heavy atom. The molecule has 4 nitrogen and oxygen atoms in total. The lowest BCUT2D eigenvalue weighted by Crippen LogP contribution is -1.91. The van der Waals surface area contributed by atoms with Gasteiger partial charge in [-0.15, -0.1) is 0 Å². The van der Waals surface area contributed by atoms with Crippen molar-refractivity contribution in [3.8, 4) is 11.3 Å². The van der Waals surface area contributed by atoms with E-state index < -0.39 is 0 Å². The molecule has 92 valence electrons. The molecule has 0 saturated carbocycles. The highest BCUT2D eigenvalue weighted by atomic mass is 16.4. The third kappa shape index (κ3) is 1.57. The zero-order chi connectivity index (χ0) is 12.7. The summed E-state index contributed by atoms with van der Waals surface area (Å²) in [6.07, 6.45) is 1.61. The molecule has 0 radical (unpaired) electrons. The van der Waals surface area contributed by atoms with Crippen molar-refractivity contribution in [2.75, 3.05) is 5.73 Å². The molecule has 0 fully saturated rings. The van der Waals surface area contributed by atoms with E-state index in [0.29, 0.717) is 5.92 Å². The van der Waals surface area contributed by atoms with E-state index in [1.54, 1.807) is 6.26 Å².